The molecule has 0 radical (unpaired) electrons. The third-order valence-electron chi connectivity index (χ3n) is 2.11. The van der Waals surface area contributed by atoms with Crippen molar-refractivity contribution in [2.75, 3.05) is 13.1 Å². The third-order valence-corrected chi connectivity index (χ3v) is 2.11. The molecule has 0 aliphatic carbocycles. The van der Waals surface area contributed by atoms with Crippen molar-refractivity contribution in [3.63, 3.8) is 0 Å². The summed E-state index contributed by atoms with van der Waals surface area (Å²) in [6.07, 6.45) is 2.30. The summed E-state index contributed by atoms with van der Waals surface area (Å²) in [6, 6.07) is 0. The summed E-state index contributed by atoms with van der Waals surface area (Å²) in [5, 5.41) is 0. The zero-order valence-corrected chi connectivity index (χ0v) is 8.06. The molecule has 0 aromatic heterocycles. The van der Waals surface area contributed by atoms with Crippen molar-refractivity contribution in [1.82, 2.24) is 0 Å². The molecule has 0 saturated carbocycles. The number of hydrogen-bond acceptors (Lipinski definition) is 2. The smallest absolute Gasteiger partial charge is 0.00257 e. The first-order valence-electron chi connectivity index (χ1n) is 4.42. The van der Waals surface area contributed by atoms with Crippen LogP contribution in [0.4, 0.5) is 0 Å². The summed E-state index contributed by atoms with van der Waals surface area (Å²) in [5.41, 5.74) is 11.4. The maximum absolute atomic E-state index is 5.62. The van der Waals surface area contributed by atoms with Crippen LogP contribution in [0.25, 0.3) is 0 Å². The summed E-state index contributed by atoms with van der Waals surface area (Å²) in [4.78, 5) is 0. The first-order valence-corrected chi connectivity index (χ1v) is 4.42. The van der Waals surface area contributed by atoms with Gasteiger partial charge in [-0.05, 0) is 37.3 Å². The molecule has 0 saturated heterocycles. The highest BCUT2D eigenvalue weighted by molar-refractivity contribution is 4.72. The number of hydrogen-bond donors (Lipinski definition) is 2. The monoisotopic (exact) mass is 158 g/mol. The SMILES string of the molecule is C[C@@H](CCN)CC(C)(C)CN. The second-order valence-electron chi connectivity index (χ2n) is 4.25. The van der Waals surface area contributed by atoms with Crippen LogP contribution in [0, 0.1) is 11.3 Å². The second-order valence-corrected chi connectivity index (χ2v) is 4.25. The largest absolute Gasteiger partial charge is 0.330 e. The highest BCUT2D eigenvalue weighted by Gasteiger charge is 2.18. The van der Waals surface area contributed by atoms with Crippen LogP contribution in [0.2, 0.25) is 0 Å². The molecule has 0 aliphatic rings. The molecule has 0 aromatic carbocycles. The van der Waals surface area contributed by atoms with Crippen LogP contribution in [0.5, 0.6) is 0 Å². The predicted octanol–water partition coefficient (Wildman–Crippen LogP) is 1.35. The molecular formula is C9H22N2. The van der Waals surface area contributed by atoms with E-state index >= 15 is 0 Å². The van der Waals surface area contributed by atoms with Gasteiger partial charge in [0.1, 0.15) is 0 Å². The predicted molar refractivity (Wildman–Crippen MR) is 50.3 cm³/mol. The first kappa shape index (κ1) is 10.9. The van der Waals surface area contributed by atoms with E-state index in [1.807, 2.05) is 0 Å². The Kier molecular flexibility index (Phi) is 4.69. The lowest BCUT2D eigenvalue weighted by molar-refractivity contribution is 0.279. The Balaban J connectivity index is 3.64. The zero-order valence-electron chi connectivity index (χ0n) is 8.06. The van der Waals surface area contributed by atoms with Crippen LogP contribution in [0.1, 0.15) is 33.6 Å². The van der Waals surface area contributed by atoms with E-state index in [2.05, 4.69) is 20.8 Å². The van der Waals surface area contributed by atoms with E-state index < -0.39 is 0 Å². The highest BCUT2D eigenvalue weighted by Crippen LogP contribution is 2.24. The number of rotatable bonds is 5. The van der Waals surface area contributed by atoms with Crippen LogP contribution >= 0.6 is 0 Å². The van der Waals surface area contributed by atoms with Crippen molar-refractivity contribution < 1.29 is 0 Å². The molecule has 0 aromatic rings. The first-order chi connectivity index (χ1) is 5.02. The van der Waals surface area contributed by atoms with E-state index in [-0.39, 0.29) is 5.41 Å². The third kappa shape index (κ3) is 5.22. The van der Waals surface area contributed by atoms with Crippen molar-refractivity contribution in [1.29, 1.82) is 0 Å². The Bertz CT molecular complexity index is 99.7. The Morgan fingerprint density at radius 2 is 1.82 bits per heavy atom. The van der Waals surface area contributed by atoms with Crippen LogP contribution in [0.15, 0.2) is 0 Å². The molecule has 11 heavy (non-hydrogen) atoms. The minimum Gasteiger partial charge on any atom is -0.330 e. The molecule has 0 fully saturated rings. The van der Waals surface area contributed by atoms with Crippen molar-refractivity contribution in [2.24, 2.45) is 22.8 Å². The number of nitrogens with two attached hydrogens (primary N) is 2. The van der Waals surface area contributed by atoms with Gasteiger partial charge in [-0.2, -0.15) is 0 Å². The van der Waals surface area contributed by atoms with Crippen molar-refractivity contribution in [3.8, 4) is 0 Å². The van der Waals surface area contributed by atoms with Gasteiger partial charge in [0.15, 0.2) is 0 Å². The maximum Gasteiger partial charge on any atom is -0.00257 e. The molecular weight excluding hydrogens is 136 g/mol. The van der Waals surface area contributed by atoms with Gasteiger partial charge in [-0.1, -0.05) is 20.8 Å². The lowest BCUT2D eigenvalue weighted by Crippen LogP contribution is -2.26. The molecule has 2 heteroatoms. The van der Waals surface area contributed by atoms with Crippen molar-refractivity contribution in [3.05, 3.63) is 0 Å². The fourth-order valence-corrected chi connectivity index (χ4v) is 1.41. The standard InChI is InChI=1S/C9H22N2/c1-8(4-5-10)6-9(2,3)7-11/h8H,4-7,10-11H2,1-3H3/t8-/m0/s1. The van der Waals surface area contributed by atoms with E-state index in [4.69, 9.17) is 11.5 Å². The van der Waals surface area contributed by atoms with Gasteiger partial charge in [-0.15, -0.1) is 0 Å². The summed E-state index contributed by atoms with van der Waals surface area (Å²) in [7, 11) is 0. The molecule has 0 rings (SSSR count). The van der Waals surface area contributed by atoms with Crippen LogP contribution in [-0.2, 0) is 0 Å². The Morgan fingerprint density at radius 3 is 2.18 bits per heavy atom. The topological polar surface area (TPSA) is 52.0 Å². The van der Waals surface area contributed by atoms with E-state index in [0.29, 0.717) is 5.92 Å². The van der Waals surface area contributed by atoms with Gasteiger partial charge < -0.3 is 11.5 Å². The fourth-order valence-electron chi connectivity index (χ4n) is 1.41. The summed E-state index contributed by atoms with van der Waals surface area (Å²) >= 11 is 0. The summed E-state index contributed by atoms with van der Waals surface area (Å²) in [6.45, 7) is 8.22. The van der Waals surface area contributed by atoms with Crippen molar-refractivity contribution >= 4 is 0 Å². The van der Waals surface area contributed by atoms with Crippen LogP contribution in [-0.4, -0.2) is 13.1 Å². The quantitative estimate of drug-likeness (QED) is 0.634. The zero-order chi connectivity index (χ0) is 8.91. The molecule has 0 bridgehead atoms. The van der Waals surface area contributed by atoms with E-state index in [1.165, 1.54) is 6.42 Å². The Hall–Kier alpha value is -0.0800. The van der Waals surface area contributed by atoms with Gasteiger partial charge >= 0.3 is 0 Å². The van der Waals surface area contributed by atoms with Crippen molar-refractivity contribution in [2.45, 2.75) is 33.6 Å². The minimum absolute atomic E-state index is 0.286. The molecule has 0 heterocycles. The average molecular weight is 158 g/mol. The lowest BCUT2D eigenvalue weighted by Gasteiger charge is -2.25. The molecule has 1 atom stereocenters. The molecule has 68 valence electrons. The Morgan fingerprint density at radius 1 is 1.27 bits per heavy atom. The Labute approximate surface area is 70.3 Å². The van der Waals surface area contributed by atoms with Gasteiger partial charge in [0.2, 0.25) is 0 Å². The molecule has 0 amide bonds. The lowest BCUT2D eigenvalue weighted by atomic mass is 9.82. The molecule has 2 nitrogen and oxygen atoms in total. The molecule has 4 N–H and O–H groups in total. The van der Waals surface area contributed by atoms with E-state index in [1.54, 1.807) is 0 Å². The normalized spacial score (nSPS) is 15.0. The molecule has 0 unspecified atom stereocenters. The van der Waals surface area contributed by atoms with Crippen LogP contribution in [0.3, 0.4) is 0 Å². The highest BCUT2D eigenvalue weighted by atomic mass is 14.6. The fraction of sp³-hybridized carbons (Fsp3) is 1.00. The van der Waals surface area contributed by atoms with E-state index in [9.17, 15) is 0 Å². The maximum atomic E-state index is 5.62. The van der Waals surface area contributed by atoms with Gasteiger partial charge in [-0.3, -0.25) is 0 Å². The summed E-state index contributed by atoms with van der Waals surface area (Å²) < 4.78 is 0. The average Bonchev–Trinajstić information content (AvgIpc) is 1.87. The minimum atomic E-state index is 0.286. The second kappa shape index (κ2) is 4.73. The van der Waals surface area contributed by atoms with E-state index in [0.717, 1.165) is 19.5 Å². The molecule has 0 aliphatic heterocycles. The van der Waals surface area contributed by atoms with Gasteiger partial charge in [-0.25, -0.2) is 0 Å². The van der Waals surface area contributed by atoms with Crippen LogP contribution < -0.4 is 11.5 Å². The van der Waals surface area contributed by atoms with Gasteiger partial charge in [0, 0.05) is 0 Å². The van der Waals surface area contributed by atoms with Gasteiger partial charge in [0.05, 0.1) is 0 Å². The van der Waals surface area contributed by atoms with Gasteiger partial charge in [0.25, 0.3) is 0 Å². The molecule has 0 spiro atoms. The summed E-state index contributed by atoms with van der Waals surface area (Å²) in [5.74, 6) is 0.707.